The van der Waals surface area contributed by atoms with E-state index >= 15 is 0 Å². The third kappa shape index (κ3) is 2.81. The van der Waals surface area contributed by atoms with E-state index in [2.05, 4.69) is 20.9 Å². The zero-order valence-corrected chi connectivity index (χ0v) is 15.3. The van der Waals surface area contributed by atoms with E-state index in [0.717, 1.165) is 27.0 Å². The van der Waals surface area contributed by atoms with Gasteiger partial charge in [-0.05, 0) is 40.2 Å². The summed E-state index contributed by atoms with van der Waals surface area (Å²) in [6.07, 6.45) is 3.69. The fourth-order valence-electron chi connectivity index (χ4n) is 2.60. The molecule has 3 nitrogen and oxygen atoms in total. The Hall–Kier alpha value is -1.88. The molecule has 0 fully saturated rings. The van der Waals surface area contributed by atoms with Gasteiger partial charge < -0.3 is 0 Å². The van der Waals surface area contributed by atoms with Crippen LogP contribution >= 0.6 is 39.1 Å². The summed E-state index contributed by atoms with van der Waals surface area (Å²) in [5.74, 6) is 0.633. The molecule has 6 heteroatoms. The van der Waals surface area contributed by atoms with Crippen molar-refractivity contribution in [2.45, 2.75) is 0 Å². The molecule has 4 aromatic rings. The van der Waals surface area contributed by atoms with Crippen LogP contribution in [0.1, 0.15) is 0 Å². The molecule has 0 spiro atoms. The lowest BCUT2D eigenvalue weighted by Gasteiger charge is -2.06. The fraction of sp³-hybridized carbons (Fsp3) is 0. The Morgan fingerprint density at radius 1 is 0.833 bits per heavy atom. The number of halogens is 3. The highest BCUT2D eigenvalue weighted by Crippen LogP contribution is 2.33. The van der Waals surface area contributed by atoms with E-state index in [1.165, 1.54) is 0 Å². The van der Waals surface area contributed by atoms with E-state index in [1.807, 2.05) is 59.1 Å². The van der Waals surface area contributed by atoms with Crippen molar-refractivity contribution in [3.8, 4) is 22.5 Å². The van der Waals surface area contributed by atoms with Gasteiger partial charge in [-0.1, -0.05) is 47.5 Å². The average molecular weight is 419 g/mol. The Labute approximate surface area is 157 Å². The monoisotopic (exact) mass is 417 g/mol. The highest BCUT2D eigenvalue weighted by atomic mass is 79.9. The van der Waals surface area contributed by atoms with Gasteiger partial charge in [-0.25, -0.2) is 9.97 Å². The van der Waals surface area contributed by atoms with Crippen molar-refractivity contribution in [3.63, 3.8) is 0 Å². The normalized spacial score (nSPS) is 11.1. The van der Waals surface area contributed by atoms with Crippen LogP contribution in [0.3, 0.4) is 0 Å². The molecule has 0 atom stereocenters. The van der Waals surface area contributed by atoms with Crippen molar-refractivity contribution < 1.29 is 0 Å². The van der Waals surface area contributed by atoms with E-state index in [1.54, 1.807) is 6.20 Å². The number of benzene rings is 2. The van der Waals surface area contributed by atoms with Crippen LogP contribution in [-0.4, -0.2) is 14.4 Å². The summed E-state index contributed by atoms with van der Waals surface area (Å²) in [6, 6.07) is 15.3. The van der Waals surface area contributed by atoms with Gasteiger partial charge in [0.1, 0.15) is 0 Å². The second kappa shape index (κ2) is 6.20. The highest BCUT2D eigenvalue weighted by molar-refractivity contribution is 9.10. The lowest BCUT2D eigenvalue weighted by molar-refractivity contribution is 1.10. The summed E-state index contributed by atoms with van der Waals surface area (Å²) < 4.78 is 2.85. The number of rotatable bonds is 2. The molecule has 0 saturated heterocycles. The molecular weight excluding hydrogens is 409 g/mol. The maximum absolute atomic E-state index is 6.03. The van der Waals surface area contributed by atoms with Gasteiger partial charge in [-0.2, -0.15) is 0 Å². The van der Waals surface area contributed by atoms with Crippen molar-refractivity contribution in [2.75, 3.05) is 0 Å². The number of imidazole rings is 1. The first-order chi connectivity index (χ1) is 11.6. The number of aromatic nitrogens is 3. The summed E-state index contributed by atoms with van der Waals surface area (Å²) in [5, 5.41) is 1.39. The Kier molecular flexibility index (Phi) is 4.04. The van der Waals surface area contributed by atoms with Crippen LogP contribution in [0, 0.1) is 0 Å². The molecule has 0 amide bonds. The predicted molar refractivity (Wildman–Crippen MR) is 102 cm³/mol. The first kappa shape index (κ1) is 15.6. The molecule has 2 aromatic heterocycles. The van der Waals surface area contributed by atoms with Crippen molar-refractivity contribution in [1.29, 1.82) is 0 Å². The van der Waals surface area contributed by atoms with Gasteiger partial charge in [-0.15, -0.1) is 0 Å². The number of nitrogens with zero attached hydrogens (tertiary/aromatic N) is 3. The molecule has 2 heterocycles. The standard InChI is InChI=1S/C18H10BrCl2N3/c19-13-9-22-18-23-16(11-1-5-14(20)6-2-11)17(24(18)10-13)12-3-7-15(21)8-4-12/h1-10H. The van der Waals surface area contributed by atoms with Crippen molar-refractivity contribution in [3.05, 3.63) is 75.4 Å². The van der Waals surface area contributed by atoms with E-state index < -0.39 is 0 Å². The summed E-state index contributed by atoms with van der Waals surface area (Å²) in [4.78, 5) is 9.11. The Morgan fingerprint density at radius 3 is 2.04 bits per heavy atom. The topological polar surface area (TPSA) is 30.2 Å². The third-order valence-corrected chi connectivity index (χ3v) is 4.60. The van der Waals surface area contributed by atoms with Gasteiger partial charge in [0, 0.05) is 33.6 Å². The molecule has 118 valence electrons. The molecule has 0 aliphatic heterocycles. The second-order valence-corrected chi connectivity index (χ2v) is 7.05. The number of hydrogen-bond donors (Lipinski definition) is 0. The minimum absolute atomic E-state index is 0.633. The Morgan fingerprint density at radius 2 is 1.42 bits per heavy atom. The second-order valence-electron chi connectivity index (χ2n) is 5.26. The van der Waals surface area contributed by atoms with Gasteiger partial charge >= 0.3 is 0 Å². The minimum Gasteiger partial charge on any atom is -0.282 e. The first-order valence-corrected chi connectivity index (χ1v) is 8.72. The Balaban J connectivity index is 2.03. The van der Waals surface area contributed by atoms with E-state index in [4.69, 9.17) is 28.2 Å². The van der Waals surface area contributed by atoms with Gasteiger partial charge in [0.05, 0.1) is 15.9 Å². The molecule has 0 N–H and O–H groups in total. The van der Waals surface area contributed by atoms with Crippen LogP contribution in [0.15, 0.2) is 65.4 Å². The zero-order chi connectivity index (χ0) is 16.7. The van der Waals surface area contributed by atoms with Crippen molar-refractivity contribution in [1.82, 2.24) is 14.4 Å². The maximum atomic E-state index is 6.03. The maximum Gasteiger partial charge on any atom is 0.234 e. The summed E-state index contributed by atoms with van der Waals surface area (Å²) in [6.45, 7) is 0. The van der Waals surface area contributed by atoms with Crippen molar-refractivity contribution in [2.24, 2.45) is 0 Å². The van der Waals surface area contributed by atoms with Gasteiger partial charge in [0.15, 0.2) is 0 Å². The third-order valence-electron chi connectivity index (χ3n) is 3.68. The Bertz CT molecular complexity index is 1020. The summed E-state index contributed by atoms with van der Waals surface area (Å²) >= 11 is 15.5. The molecule has 4 rings (SSSR count). The van der Waals surface area contributed by atoms with Crippen LogP contribution in [0.4, 0.5) is 0 Å². The lowest BCUT2D eigenvalue weighted by Crippen LogP contribution is -1.91. The molecule has 0 bridgehead atoms. The van der Waals surface area contributed by atoms with E-state index in [0.29, 0.717) is 15.8 Å². The SMILES string of the molecule is Clc1ccc(-c2nc3ncc(Br)cn3c2-c2ccc(Cl)cc2)cc1. The molecule has 0 saturated carbocycles. The molecule has 24 heavy (non-hydrogen) atoms. The predicted octanol–water partition coefficient (Wildman–Crippen LogP) is 6.13. The molecule has 0 aliphatic carbocycles. The average Bonchev–Trinajstić information content (AvgIpc) is 2.95. The van der Waals surface area contributed by atoms with E-state index in [9.17, 15) is 0 Å². The molecule has 0 radical (unpaired) electrons. The van der Waals surface area contributed by atoms with Crippen LogP contribution in [0.25, 0.3) is 28.3 Å². The molecule has 0 aliphatic rings. The zero-order valence-electron chi connectivity index (χ0n) is 12.2. The van der Waals surface area contributed by atoms with Crippen LogP contribution in [-0.2, 0) is 0 Å². The summed E-state index contributed by atoms with van der Waals surface area (Å²) in [7, 11) is 0. The quantitative estimate of drug-likeness (QED) is 0.391. The number of hydrogen-bond acceptors (Lipinski definition) is 2. The van der Waals surface area contributed by atoms with Gasteiger partial charge in [0.25, 0.3) is 0 Å². The summed E-state index contributed by atoms with van der Waals surface area (Å²) in [5.41, 5.74) is 3.79. The lowest BCUT2D eigenvalue weighted by atomic mass is 10.0. The van der Waals surface area contributed by atoms with E-state index in [-0.39, 0.29) is 0 Å². The van der Waals surface area contributed by atoms with Crippen LogP contribution in [0.5, 0.6) is 0 Å². The highest BCUT2D eigenvalue weighted by Gasteiger charge is 2.17. The molecule has 0 unspecified atom stereocenters. The van der Waals surface area contributed by atoms with Crippen LogP contribution < -0.4 is 0 Å². The van der Waals surface area contributed by atoms with Gasteiger partial charge in [0.2, 0.25) is 5.78 Å². The first-order valence-electron chi connectivity index (χ1n) is 7.17. The van der Waals surface area contributed by atoms with Crippen LogP contribution in [0.2, 0.25) is 10.0 Å². The number of fused-ring (bicyclic) bond motifs is 1. The van der Waals surface area contributed by atoms with Gasteiger partial charge in [-0.3, -0.25) is 4.40 Å². The fourth-order valence-corrected chi connectivity index (χ4v) is 3.16. The molecular formula is C18H10BrCl2N3. The smallest absolute Gasteiger partial charge is 0.234 e. The largest absolute Gasteiger partial charge is 0.282 e. The van der Waals surface area contributed by atoms with Crippen molar-refractivity contribution >= 4 is 44.9 Å². The minimum atomic E-state index is 0.633. The molecule has 2 aromatic carbocycles.